The smallest absolute Gasteiger partial charge is 0.283 e. The third-order valence-corrected chi connectivity index (χ3v) is 4.50. The molecule has 5 heteroatoms. The molecular formula is C17H20N2O2S. The Bertz CT molecular complexity index is 787. The molecule has 4 nitrogen and oxygen atoms in total. The summed E-state index contributed by atoms with van der Waals surface area (Å²) in [6, 6.07) is 12.6. The van der Waals surface area contributed by atoms with Gasteiger partial charge in [0, 0.05) is 5.69 Å². The Labute approximate surface area is 132 Å². The molecule has 0 aliphatic rings. The molecule has 116 valence electrons. The minimum Gasteiger partial charge on any atom is -0.343 e. The molecule has 2 rings (SSSR count). The first kappa shape index (κ1) is 16.2. The molecule has 0 atom stereocenters. The zero-order chi connectivity index (χ0) is 16.3. The van der Waals surface area contributed by atoms with Crippen molar-refractivity contribution in [3.63, 3.8) is 0 Å². The van der Waals surface area contributed by atoms with Crippen LogP contribution in [0.5, 0.6) is 0 Å². The van der Waals surface area contributed by atoms with Crippen molar-refractivity contribution in [1.82, 2.24) is 0 Å². The highest BCUT2D eigenvalue weighted by atomic mass is 32.2. The van der Waals surface area contributed by atoms with Crippen LogP contribution in [0.15, 0.2) is 51.8 Å². The Hall–Kier alpha value is -2.14. The number of rotatable bonds is 3. The van der Waals surface area contributed by atoms with Crippen LogP contribution < -0.4 is 5.32 Å². The van der Waals surface area contributed by atoms with Gasteiger partial charge in [0.1, 0.15) is 5.84 Å². The van der Waals surface area contributed by atoms with Crippen LogP contribution in [0.4, 0.5) is 5.69 Å². The minimum absolute atomic E-state index is 0.194. The molecule has 0 aliphatic heterocycles. The Morgan fingerprint density at radius 2 is 1.45 bits per heavy atom. The minimum atomic E-state index is -3.69. The van der Waals surface area contributed by atoms with Gasteiger partial charge in [-0.05, 0) is 63.1 Å². The molecule has 0 saturated heterocycles. The summed E-state index contributed by atoms with van der Waals surface area (Å²) < 4.78 is 28.3. The zero-order valence-electron chi connectivity index (χ0n) is 13.2. The summed E-state index contributed by atoms with van der Waals surface area (Å²) >= 11 is 0. The van der Waals surface area contributed by atoms with Gasteiger partial charge in [-0.15, -0.1) is 4.40 Å². The Morgan fingerprint density at radius 3 is 2.00 bits per heavy atom. The summed E-state index contributed by atoms with van der Waals surface area (Å²) in [5, 5.41) is 3.03. The van der Waals surface area contributed by atoms with E-state index in [0.29, 0.717) is 5.84 Å². The molecule has 2 aromatic rings. The predicted octanol–water partition coefficient (Wildman–Crippen LogP) is 3.83. The molecule has 0 fully saturated rings. The van der Waals surface area contributed by atoms with E-state index in [4.69, 9.17) is 0 Å². The van der Waals surface area contributed by atoms with Gasteiger partial charge in [0.05, 0.1) is 4.90 Å². The molecule has 0 amide bonds. The van der Waals surface area contributed by atoms with E-state index in [1.165, 1.54) is 0 Å². The first-order chi connectivity index (χ1) is 10.3. The quantitative estimate of drug-likeness (QED) is 0.691. The standard InChI is InChI=1S/C17H20N2O2S/c1-12-5-7-17(8-6-12)22(20,21)19-15(4)18-16-10-13(2)9-14(3)11-16/h5-11H,1-4H3,(H,18,19). The lowest BCUT2D eigenvalue weighted by molar-refractivity contribution is 0.598. The van der Waals surface area contributed by atoms with Crippen LogP contribution in [-0.4, -0.2) is 14.3 Å². The van der Waals surface area contributed by atoms with Gasteiger partial charge in [0.2, 0.25) is 0 Å². The average molecular weight is 316 g/mol. The van der Waals surface area contributed by atoms with E-state index in [1.807, 2.05) is 32.9 Å². The van der Waals surface area contributed by atoms with E-state index in [0.717, 1.165) is 22.4 Å². The van der Waals surface area contributed by atoms with Crippen LogP contribution >= 0.6 is 0 Å². The summed E-state index contributed by atoms with van der Waals surface area (Å²) in [7, 11) is -3.69. The van der Waals surface area contributed by atoms with Crippen molar-refractivity contribution in [3.8, 4) is 0 Å². The van der Waals surface area contributed by atoms with Crippen LogP contribution in [0.3, 0.4) is 0 Å². The van der Waals surface area contributed by atoms with Crippen LogP contribution in [0, 0.1) is 20.8 Å². The molecule has 0 radical (unpaired) electrons. The Balaban J connectivity index is 2.25. The number of hydrogen-bond acceptors (Lipinski definition) is 2. The summed E-state index contributed by atoms with van der Waals surface area (Å²) in [5.74, 6) is 0.338. The fourth-order valence-electron chi connectivity index (χ4n) is 2.22. The Kier molecular flexibility index (Phi) is 4.66. The lowest BCUT2D eigenvalue weighted by atomic mass is 10.1. The van der Waals surface area contributed by atoms with Crippen molar-refractivity contribution in [3.05, 3.63) is 59.2 Å². The van der Waals surface area contributed by atoms with Crippen molar-refractivity contribution < 1.29 is 8.42 Å². The van der Waals surface area contributed by atoms with Crippen LogP contribution in [0.2, 0.25) is 0 Å². The van der Waals surface area contributed by atoms with Gasteiger partial charge in [-0.2, -0.15) is 8.42 Å². The van der Waals surface area contributed by atoms with Crippen molar-refractivity contribution >= 4 is 21.5 Å². The molecule has 22 heavy (non-hydrogen) atoms. The molecule has 2 aromatic carbocycles. The number of nitrogens with one attached hydrogen (secondary N) is 1. The SMILES string of the molecule is C/C(=N\S(=O)(=O)c1ccc(C)cc1)Nc1cc(C)cc(C)c1. The zero-order valence-corrected chi connectivity index (χ0v) is 14.0. The molecule has 0 saturated carbocycles. The van der Waals surface area contributed by atoms with Crippen LogP contribution in [-0.2, 0) is 10.0 Å². The van der Waals surface area contributed by atoms with Crippen molar-refractivity contribution in [2.24, 2.45) is 4.40 Å². The van der Waals surface area contributed by atoms with Gasteiger partial charge in [-0.25, -0.2) is 0 Å². The van der Waals surface area contributed by atoms with Crippen LogP contribution in [0.1, 0.15) is 23.6 Å². The molecule has 0 aliphatic carbocycles. The van der Waals surface area contributed by atoms with E-state index in [9.17, 15) is 8.42 Å². The fourth-order valence-corrected chi connectivity index (χ4v) is 3.21. The average Bonchev–Trinajstić information content (AvgIpc) is 2.36. The monoisotopic (exact) mass is 316 g/mol. The lowest BCUT2D eigenvalue weighted by Crippen LogP contribution is -2.11. The van der Waals surface area contributed by atoms with E-state index < -0.39 is 10.0 Å². The van der Waals surface area contributed by atoms with Crippen molar-refractivity contribution in [2.45, 2.75) is 32.6 Å². The van der Waals surface area contributed by atoms with Gasteiger partial charge in [0.25, 0.3) is 10.0 Å². The third kappa shape index (κ3) is 4.18. The summed E-state index contributed by atoms with van der Waals surface area (Å²) in [5.41, 5.74) is 4.05. The molecule has 0 spiro atoms. The first-order valence-electron chi connectivity index (χ1n) is 7.00. The number of anilines is 1. The number of amidine groups is 1. The highest BCUT2D eigenvalue weighted by Gasteiger charge is 2.12. The summed E-state index contributed by atoms with van der Waals surface area (Å²) in [4.78, 5) is 0.194. The third-order valence-electron chi connectivity index (χ3n) is 3.12. The highest BCUT2D eigenvalue weighted by molar-refractivity contribution is 7.90. The van der Waals surface area contributed by atoms with E-state index in [1.54, 1.807) is 31.2 Å². The summed E-state index contributed by atoms with van der Waals surface area (Å²) in [6.07, 6.45) is 0. The predicted molar refractivity (Wildman–Crippen MR) is 91.0 cm³/mol. The molecule has 0 bridgehead atoms. The van der Waals surface area contributed by atoms with Gasteiger partial charge >= 0.3 is 0 Å². The number of aryl methyl sites for hydroxylation is 3. The van der Waals surface area contributed by atoms with Gasteiger partial charge in [-0.3, -0.25) is 0 Å². The molecule has 0 unspecified atom stereocenters. The van der Waals surface area contributed by atoms with E-state index in [-0.39, 0.29) is 4.90 Å². The lowest BCUT2D eigenvalue weighted by Gasteiger charge is -2.08. The second kappa shape index (κ2) is 6.32. The molecule has 0 heterocycles. The fraction of sp³-hybridized carbons (Fsp3) is 0.235. The van der Waals surface area contributed by atoms with E-state index in [2.05, 4.69) is 15.8 Å². The van der Waals surface area contributed by atoms with Crippen molar-refractivity contribution in [1.29, 1.82) is 0 Å². The van der Waals surface area contributed by atoms with Gasteiger partial charge in [0.15, 0.2) is 0 Å². The Morgan fingerprint density at radius 1 is 0.909 bits per heavy atom. The molecule has 0 aromatic heterocycles. The van der Waals surface area contributed by atoms with Gasteiger partial charge in [-0.1, -0.05) is 23.8 Å². The highest BCUT2D eigenvalue weighted by Crippen LogP contribution is 2.16. The molecule has 1 N–H and O–H groups in total. The first-order valence-corrected chi connectivity index (χ1v) is 8.44. The van der Waals surface area contributed by atoms with Crippen LogP contribution in [0.25, 0.3) is 0 Å². The number of nitrogens with zero attached hydrogens (tertiary/aromatic N) is 1. The van der Waals surface area contributed by atoms with Crippen molar-refractivity contribution in [2.75, 3.05) is 5.32 Å². The van der Waals surface area contributed by atoms with E-state index >= 15 is 0 Å². The number of hydrogen-bond donors (Lipinski definition) is 1. The second-order valence-electron chi connectivity index (χ2n) is 5.47. The summed E-state index contributed by atoms with van der Waals surface area (Å²) in [6.45, 7) is 7.54. The topological polar surface area (TPSA) is 58.5 Å². The normalized spacial score (nSPS) is 12.3. The van der Waals surface area contributed by atoms with Gasteiger partial charge < -0.3 is 5.32 Å². The number of benzene rings is 2. The maximum absolute atomic E-state index is 12.3. The number of sulfonamides is 1. The molecular weight excluding hydrogens is 296 g/mol. The maximum atomic E-state index is 12.3. The maximum Gasteiger partial charge on any atom is 0.283 e. The second-order valence-corrected chi connectivity index (χ2v) is 7.07. The largest absolute Gasteiger partial charge is 0.343 e.